The molecule has 1 aromatic carbocycles. The van der Waals surface area contributed by atoms with Gasteiger partial charge in [-0.15, -0.1) is 0 Å². The van der Waals surface area contributed by atoms with Gasteiger partial charge in [0.15, 0.2) is 0 Å². The third-order valence-corrected chi connectivity index (χ3v) is 3.50. The number of benzene rings is 1. The van der Waals surface area contributed by atoms with Gasteiger partial charge in [-0.25, -0.2) is 4.98 Å². The Labute approximate surface area is 132 Å². The summed E-state index contributed by atoms with van der Waals surface area (Å²) in [5.74, 6) is 0.450. The number of rotatable bonds is 5. The maximum Gasteiger partial charge on any atom is 0.287 e. The van der Waals surface area contributed by atoms with Crippen LogP contribution in [0.15, 0.2) is 53.9 Å². The maximum absolute atomic E-state index is 10.6. The largest absolute Gasteiger partial charge is 0.347 e. The van der Waals surface area contributed by atoms with E-state index in [1.54, 1.807) is 6.21 Å². The van der Waals surface area contributed by atoms with Crippen molar-refractivity contribution in [2.24, 2.45) is 5.10 Å². The van der Waals surface area contributed by atoms with Gasteiger partial charge in [0.05, 0.1) is 11.1 Å². The molecule has 1 N–H and O–H groups in total. The van der Waals surface area contributed by atoms with Gasteiger partial charge in [0, 0.05) is 35.3 Å². The second-order valence-corrected chi connectivity index (χ2v) is 4.92. The van der Waals surface area contributed by atoms with Gasteiger partial charge in [-0.3, -0.25) is 15.5 Å². The zero-order valence-electron chi connectivity index (χ0n) is 12.5. The van der Waals surface area contributed by atoms with E-state index < -0.39 is 4.92 Å². The summed E-state index contributed by atoms with van der Waals surface area (Å²) in [5, 5.41) is 15.9. The monoisotopic (exact) mass is 309 g/mol. The molecule has 0 aliphatic carbocycles. The number of pyridine rings is 1. The fourth-order valence-electron chi connectivity index (χ4n) is 2.37. The van der Waals surface area contributed by atoms with E-state index in [0.717, 1.165) is 23.0 Å². The number of nitrogens with one attached hydrogen (secondary N) is 1. The second kappa shape index (κ2) is 6.27. The van der Waals surface area contributed by atoms with E-state index in [9.17, 15) is 10.1 Å². The molecule has 0 amide bonds. The van der Waals surface area contributed by atoms with Crippen LogP contribution in [0.3, 0.4) is 0 Å². The predicted octanol–water partition coefficient (Wildman–Crippen LogP) is 3.41. The smallest absolute Gasteiger partial charge is 0.287 e. The molecule has 0 bridgehead atoms. The van der Waals surface area contributed by atoms with Crippen LogP contribution in [0.2, 0.25) is 0 Å². The first-order valence-corrected chi connectivity index (χ1v) is 7.16. The Kier molecular flexibility index (Phi) is 4.01. The van der Waals surface area contributed by atoms with Gasteiger partial charge in [-0.05, 0) is 19.1 Å². The first kappa shape index (κ1) is 14.7. The summed E-state index contributed by atoms with van der Waals surface area (Å²) in [7, 11) is 0. The summed E-state index contributed by atoms with van der Waals surface area (Å²) in [4.78, 5) is 14.0. The zero-order chi connectivity index (χ0) is 16.2. The first-order chi connectivity index (χ1) is 11.2. The fourth-order valence-corrected chi connectivity index (χ4v) is 2.37. The highest BCUT2D eigenvalue weighted by atomic mass is 16.6. The van der Waals surface area contributed by atoms with Gasteiger partial charge in [0.2, 0.25) is 0 Å². The van der Waals surface area contributed by atoms with Crippen molar-refractivity contribution in [1.82, 2.24) is 9.55 Å². The van der Waals surface area contributed by atoms with E-state index in [1.807, 2.05) is 24.4 Å². The molecule has 23 heavy (non-hydrogen) atoms. The van der Waals surface area contributed by atoms with Crippen LogP contribution in [0.25, 0.3) is 10.9 Å². The summed E-state index contributed by atoms with van der Waals surface area (Å²) < 4.78 is 2.15. The highest BCUT2D eigenvalue weighted by molar-refractivity contribution is 5.99. The molecular formula is C16H15N5O2. The van der Waals surface area contributed by atoms with Gasteiger partial charge in [0.1, 0.15) is 12.0 Å². The van der Waals surface area contributed by atoms with Crippen molar-refractivity contribution in [2.45, 2.75) is 13.5 Å². The molecular weight excluding hydrogens is 294 g/mol. The van der Waals surface area contributed by atoms with Crippen LogP contribution in [0.4, 0.5) is 11.5 Å². The van der Waals surface area contributed by atoms with E-state index in [1.165, 1.54) is 18.3 Å². The molecule has 0 atom stereocenters. The van der Waals surface area contributed by atoms with E-state index in [0.29, 0.717) is 5.82 Å². The Balaban J connectivity index is 1.79. The third-order valence-electron chi connectivity index (χ3n) is 3.50. The van der Waals surface area contributed by atoms with Crippen LogP contribution in [-0.4, -0.2) is 20.7 Å². The molecule has 7 nitrogen and oxygen atoms in total. The van der Waals surface area contributed by atoms with E-state index in [4.69, 9.17) is 0 Å². The number of para-hydroxylation sites is 1. The van der Waals surface area contributed by atoms with Crippen molar-refractivity contribution in [3.63, 3.8) is 0 Å². The van der Waals surface area contributed by atoms with E-state index in [-0.39, 0.29) is 5.69 Å². The summed E-state index contributed by atoms with van der Waals surface area (Å²) in [6.07, 6.45) is 4.96. The van der Waals surface area contributed by atoms with Gasteiger partial charge >= 0.3 is 0 Å². The van der Waals surface area contributed by atoms with Crippen LogP contribution in [0.5, 0.6) is 0 Å². The summed E-state index contributed by atoms with van der Waals surface area (Å²) in [5.41, 5.74) is 4.88. The molecule has 3 rings (SSSR count). The van der Waals surface area contributed by atoms with E-state index >= 15 is 0 Å². The molecule has 116 valence electrons. The molecule has 0 radical (unpaired) electrons. The predicted molar refractivity (Wildman–Crippen MR) is 89.7 cm³/mol. The number of aromatic nitrogens is 2. The standard InChI is InChI=1S/C16H15N5O2/c1-2-20-11-12(14-5-3-4-6-15(14)20)9-18-19-16-8-7-13(10-17-16)21(22)23/h3-11H,2H2,1H3,(H,17,19)/b18-9+. The van der Waals surface area contributed by atoms with Crippen molar-refractivity contribution in [3.8, 4) is 0 Å². The van der Waals surface area contributed by atoms with Crippen LogP contribution < -0.4 is 5.43 Å². The van der Waals surface area contributed by atoms with E-state index in [2.05, 4.69) is 33.1 Å². The van der Waals surface area contributed by atoms with Gasteiger partial charge in [0.25, 0.3) is 5.69 Å². The zero-order valence-corrected chi connectivity index (χ0v) is 12.5. The maximum atomic E-state index is 10.6. The Morgan fingerprint density at radius 1 is 1.35 bits per heavy atom. The first-order valence-electron chi connectivity index (χ1n) is 7.16. The minimum Gasteiger partial charge on any atom is -0.347 e. The number of fused-ring (bicyclic) bond motifs is 1. The Hall–Kier alpha value is -3.22. The number of anilines is 1. The number of nitrogens with zero attached hydrogens (tertiary/aromatic N) is 4. The molecule has 0 saturated carbocycles. The van der Waals surface area contributed by atoms with Crippen molar-refractivity contribution >= 4 is 28.6 Å². The third kappa shape index (κ3) is 3.03. The van der Waals surface area contributed by atoms with Crippen molar-refractivity contribution in [3.05, 3.63) is 64.5 Å². The Morgan fingerprint density at radius 3 is 2.87 bits per heavy atom. The lowest BCUT2D eigenvalue weighted by molar-refractivity contribution is -0.385. The van der Waals surface area contributed by atoms with Crippen LogP contribution in [-0.2, 0) is 6.54 Å². The molecule has 0 unspecified atom stereocenters. The minimum atomic E-state index is -0.486. The molecule has 0 aliphatic heterocycles. The van der Waals surface area contributed by atoms with Crippen LogP contribution >= 0.6 is 0 Å². The normalized spacial score (nSPS) is 11.2. The number of hydrazone groups is 1. The van der Waals surface area contributed by atoms with Crippen LogP contribution in [0, 0.1) is 10.1 Å². The van der Waals surface area contributed by atoms with Gasteiger partial charge in [-0.2, -0.15) is 5.10 Å². The quantitative estimate of drug-likeness (QED) is 0.444. The lowest BCUT2D eigenvalue weighted by atomic mass is 10.2. The SMILES string of the molecule is CCn1cc(/C=N/Nc2ccc([N+](=O)[O-])cn2)c2ccccc21. The lowest BCUT2D eigenvalue weighted by Gasteiger charge is -1.98. The fraction of sp³-hybridized carbons (Fsp3) is 0.125. The van der Waals surface area contributed by atoms with Crippen molar-refractivity contribution < 1.29 is 4.92 Å². The lowest BCUT2D eigenvalue weighted by Crippen LogP contribution is -1.95. The molecule has 0 saturated heterocycles. The highest BCUT2D eigenvalue weighted by Crippen LogP contribution is 2.20. The van der Waals surface area contributed by atoms with Gasteiger partial charge < -0.3 is 4.57 Å². The highest BCUT2D eigenvalue weighted by Gasteiger charge is 2.06. The summed E-state index contributed by atoms with van der Waals surface area (Å²) in [6.45, 7) is 2.97. The van der Waals surface area contributed by atoms with Crippen LogP contribution in [0.1, 0.15) is 12.5 Å². The molecule has 3 aromatic rings. The Bertz CT molecular complexity index is 868. The molecule has 0 fully saturated rings. The average molecular weight is 309 g/mol. The molecule has 0 spiro atoms. The minimum absolute atomic E-state index is 0.0504. The summed E-state index contributed by atoms with van der Waals surface area (Å²) >= 11 is 0. The molecule has 2 aromatic heterocycles. The summed E-state index contributed by atoms with van der Waals surface area (Å²) in [6, 6.07) is 11.0. The molecule has 7 heteroatoms. The van der Waals surface area contributed by atoms with Crippen molar-refractivity contribution in [2.75, 3.05) is 5.43 Å². The topological polar surface area (TPSA) is 85.3 Å². The number of hydrogen-bond acceptors (Lipinski definition) is 5. The number of nitro groups is 1. The second-order valence-electron chi connectivity index (χ2n) is 4.92. The Morgan fingerprint density at radius 2 is 2.17 bits per heavy atom. The molecule has 0 aliphatic rings. The number of hydrogen-bond donors (Lipinski definition) is 1. The average Bonchev–Trinajstić information content (AvgIpc) is 2.94. The van der Waals surface area contributed by atoms with Gasteiger partial charge in [-0.1, -0.05) is 18.2 Å². The number of aryl methyl sites for hydroxylation is 1. The van der Waals surface area contributed by atoms with Crippen molar-refractivity contribution in [1.29, 1.82) is 0 Å². The molecule has 2 heterocycles.